The summed E-state index contributed by atoms with van der Waals surface area (Å²) in [5, 5.41) is 5.48. The van der Waals surface area contributed by atoms with Gasteiger partial charge in [0.2, 0.25) is 0 Å². The minimum absolute atomic E-state index is 0.270. The van der Waals surface area contributed by atoms with E-state index in [0.717, 1.165) is 37.5 Å². The van der Waals surface area contributed by atoms with Crippen molar-refractivity contribution in [3.8, 4) is 5.75 Å². The van der Waals surface area contributed by atoms with E-state index in [0.29, 0.717) is 0 Å². The lowest BCUT2D eigenvalue weighted by molar-refractivity contribution is 0.185. The summed E-state index contributed by atoms with van der Waals surface area (Å²) in [4.78, 5) is 0. The lowest BCUT2D eigenvalue weighted by Crippen LogP contribution is -2.25. The van der Waals surface area contributed by atoms with Gasteiger partial charge >= 0.3 is 0 Å². The molecule has 2 heteroatoms. The molecule has 4 aromatic carbocycles. The number of ether oxygens (including phenoxy) is 2. The summed E-state index contributed by atoms with van der Waals surface area (Å²) < 4.78 is 11.2. The Balaban J connectivity index is 0.000000336. The monoisotopic (exact) mass is 460 g/mol. The van der Waals surface area contributed by atoms with E-state index in [9.17, 15) is 0 Å². The van der Waals surface area contributed by atoms with Crippen molar-refractivity contribution in [1.29, 1.82) is 0 Å². The summed E-state index contributed by atoms with van der Waals surface area (Å²) in [5.41, 5.74) is 5.88. The van der Waals surface area contributed by atoms with Crippen molar-refractivity contribution in [1.82, 2.24) is 0 Å². The highest BCUT2D eigenvalue weighted by Crippen LogP contribution is 2.42. The highest BCUT2D eigenvalue weighted by atomic mass is 16.5. The second-order valence-corrected chi connectivity index (χ2v) is 9.95. The van der Waals surface area contributed by atoms with Gasteiger partial charge in [0.25, 0.3) is 0 Å². The molecule has 1 atom stereocenters. The zero-order chi connectivity index (χ0) is 23.6. The highest BCUT2D eigenvalue weighted by molar-refractivity contribution is 6.08. The van der Waals surface area contributed by atoms with Crippen LogP contribution in [0.15, 0.2) is 91.2 Å². The molecule has 4 aromatic rings. The molecule has 0 saturated heterocycles. The van der Waals surface area contributed by atoms with Crippen LogP contribution in [0, 0.1) is 6.92 Å². The highest BCUT2D eigenvalue weighted by Gasteiger charge is 2.26. The normalized spacial score (nSPS) is 18.5. The first kappa shape index (κ1) is 22.0. The average molecular weight is 461 g/mol. The Kier molecular flexibility index (Phi) is 6.04. The number of aryl methyl sites for hydroxylation is 2. The zero-order valence-electron chi connectivity index (χ0n) is 20.4. The fraction of sp³-hybridized carbons (Fsp3) is 0.273. The largest absolute Gasteiger partial charge is 0.497 e. The predicted octanol–water partition coefficient (Wildman–Crippen LogP) is 8.20. The van der Waals surface area contributed by atoms with Crippen LogP contribution in [-0.4, -0.2) is 12.7 Å². The summed E-state index contributed by atoms with van der Waals surface area (Å²) in [6.07, 6.45) is 13.6. The zero-order valence-corrected chi connectivity index (χ0v) is 20.4. The number of allylic oxidation sites excluding steroid dienone is 2. The van der Waals surface area contributed by atoms with Crippen LogP contribution in [0.4, 0.5) is 0 Å². The van der Waals surface area contributed by atoms with Gasteiger partial charge in [0.1, 0.15) is 18.5 Å². The van der Waals surface area contributed by atoms with Crippen molar-refractivity contribution in [3.63, 3.8) is 0 Å². The van der Waals surface area contributed by atoms with Gasteiger partial charge in [-0.2, -0.15) is 0 Å². The Bertz CT molecular complexity index is 1410. The summed E-state index contributed by atoms with van der Waals surface area (Å²) in [6.45, 7) is 2.96. The van der Waals surface area contributed by atoms with Crippen molar-refractivity contribution in [3.05, 3.63) is 113 Å². The molecule has 176 valence electrons. The third-order valence-corrected chi connectivity index (χ3v) is 7.47. The van der Waals surface area contributed by atoms with Crippen LogP contribution in [0.3, 0.4) is 0 Å². The van der Waals surface area contributed by atoms with E-state index in [1.165, 1.54) is 56.6 Å². The minimum atomic E-state index is 0.270. The molecule has 0 bridgehead atoms. The van der Waals surface area contributed by atoms with E-state index in [2.05, 4.69) is 73.7 Å². The van der Waals surface area contributed by atoms with Gasteiger partial charge in [0.05, 0.1) is 6.26 Å². The molecule has 2 aliphatic carbocycles. The fourth-order valence-corrected chi connectivity index (χ4v) is 5.55. The predicted molar refractivity (Wildman–Crippen MR) is 145 cm³/mol. The first-order chi connectivity index (χ1) is 17.3. The molecule has 3 aliphatic rings. The lowest BCUT2D eigenvalue weighted by Gasteiger charge is -2.27. The van der Waals surface area contributed by atoms with Crippen LogP contribution in [0.1, 0.15) is 47.4 Å². The molecule has 0 spiro atoms. The maximum Gasteiger partial charge on any atom is 0.120 e. The Labute approximate surface area is 207 Å². The van der Waals surface area contributed by atoms with Crippen molar-refractivity contribution in [2.45, 2.75) is 51.0 Å². The third-order valence-electron chi connectivity index (χ3n) is 7.47. The second kappa shape index (κ2) is 9.62. The Hall–Kier alpha value is -3.52. The SMILES string of the molecule is C1=CCOC=C1.Cc1cc(OC2CCc3c(ccc4c3ccc3ccccc34)C2)ccc1C1CC1. The quantitative estimate of drug-likeness (QED) is 0.287. The van der Waals surface area contributed by atoms with Gasteiger partial charge in [-0.3, -0.25) is 0 Å². The molecule has 7 rings (SSSR count). The standard InChI is InChI=1S/C28H26O.C5H6O/c1-18-16-22(10-14-24(18)20-6-7-20)29-23-11-15-26-21(17-23)9-13-27-25-5-3-2-4-19(25)8-12-28(26)27;1-2-4-6-5-3-1/h2-5,8-10,12-14,16,20,23H,6-7,11,15,17H2,1H3;1-4H,5H2. The van der Waals surface area contributed by atoms with E-state index in [1.54, 1.807) is 6.26 Å². The van der Waals surface area contributed by atoms with E-state index >= 15 is 0 Å². The Morgan fingerprint density at radius 2 is 1.71 bits per heavy atom. The second-order valence-electron chi connectivity index (χ2n) is 9.95. The van der Waals surface area contributed by atoms with E-state index < -0.39 is 0 Å². The van der Waals surface area contributed by atoms with Crippen molar-refractivity contribution >= 4 is 21.5 Å². The Morgan fingerprint density at radius 1 is 0.829 bits per heavy atom. The van der Waals surface area contributed by atoms with E-state index in [1.807, 2.05) is 18.2 Å². The minimum Gasteiger partial charge on any atom is -0.497 e. The number of hydrogen-bond acceptors (Lipinski definition) is 2. The number of rotatable bonds is 3. The van der Waals surface area contributed by atoms with Crippen LogP contribution in [0.5, 0.6) is 5.75 Å². The lowest BCUT2D eigenvalue weighted by atomic mass is 9.85. The molecule has 0 N–H and O–H groups in total. The molecule has 0 amide bonds. The van der Waals surface area contributed by atoms with Crippen LogP contribution < -0.4 is 4.74 Å². The molecule has 0 radical (unpaired) electrons. The number of hydrogen-bond donors (Lipinski definition) is 0. The van der Waals surface area contributed by atoms with E-state index in [-0.39, 0.29) is 6.10 Å². The third kappa shape index (κ3) is 4.71. The Morgan fingerprint density at radius 3 is 2.46 bits per heavy atom. The van der Waals surface area contributed by atoms with Gasteiger partial charge < -0.3 is 9.47 Å². The average Bonchev–Trinajstić information content (AvgIpc) is 3.75. The molecule has 1 heterocycles. The van der Waals surface area contributed by atoms with Gasteiger partial charge in [-0.1, -0.05) is 60.7 Å². The molecule has 0 aromatic heterocycles. The van der Waals surface area contributed by atoms with Gasteiger partial charge in [-0.05, 0) is 107 Å². The first-order valence-electron chi connectivity index (χ1n) is 12.9. The fourth-order valence-electron chi connectivity index (χ4n) is 5.55. The molecule has 2 nitrogen and oxygen atoms in total. The summed E-state index contributed by atoms with van der Waals surface area (Å²) in [7, 11) is 0. The number of benzene rings is 4. The molecule has 1 saturated carbocycles. The topological polar surface area (TPSA) is 18.5 Å². The van der Waals surface area contributed by atoms with Crippen LogP contribution in [0.25, 0.3) is 21.5 Å². The molecule has 35 heavy (non-hydrogen) atoms. The van der Waals surface area contributed by atoms with Crippen molar-refractivity contribution in [2.75, 3.05) is 6.61 Å². The maximum atomic E-state index is 6.43. The van der Waals surface area contributed by atoms with Crippen LogP contribution in [0.2, 0.25) is 0 Å². The summed E-state index contributed by atoms with van der Waals surface area (Å²) >= 11 is 0. The molecular formula is C33H32O2. The van der Waals surface area contributed by atoms with Gasteiger partial charge in [-0.15, -0.1) is 0 Å². The van der Waals surface area contributed by atoms with Crippen molar-refractivity contribution in [2.24, 2.45) is 0 Å². The first-order valence-corrected chi connectivity index (χ1v) is 12.9. The smallest absolute Gasteiger partial charge is 0.120 e. The molecule has 1 fully saturated rings. The van der Waals surface area contributed by atoms with Crippen LogP contribution in [-0.2, 0) is 17.6 Å². The number of fused-ring (bicyclic) bond motifs is 5. The molecule has 1 unspecified atom stereocenters. The molecule has 1 aliphatic heterocycles. The maximum absolute atomic E-state index is 6.43. The van der Waals surface area contributed by atoms with Gasteiger partial charge in [0.15, 0.2) is 0 Å². The van der Waals surface area contributed by atoms with Crippen LogP contribution >= 0.6 is 0 Å². The summed E-state index contributed by atoms with van der Waals surface area (Å²) in [6, 6.07) is 24.7. The summed E-state index contributed by atoms with van der Waals surface area (Å²) in [5.74, 6) is 1.84. The van der Waals surface area contributed by atoms with E-state index in [4.69, 9.17) is 9.47 Å². The van der Waals surface area contributed by atoms with Gasteiger partial charge in [0, 0.05) is 6.42 Å². The van der Waals surface area contributed by atoms with Crippen molar-refractivity contribution < 1.29 is 9.47 Å². The molecular weight excluding hydrogens is 428 g/mol. The van der Waals surface area contributed by atoms with Gasteiger partial charge in [-0.25, -0.2) is 0 Å².